The molecule has 0 unspecified atom stereocenters. The van der Waals surface area contributed by atoms with Crippen molar-refractivity contribution in [3.05, 3.63) is 0 Å². The van der Waals surface area contributed by atoms with E-state index in [2.05, 4.69) is 19.2 Å². The quantitative estimate of drug-likeness (QED) is 0.821. The molecule has 1 saturated carbocycles. The molecule has 0 aromatic rings. The van der Waals surface area contributed by atoms with Crippen LogP contribution in [-0.2, 0) is 19.0 Å². The Kier molecular flexibility index (Phi) is 4.02. The maximum absolute atomic E-state index is 12.0. The second-order valence-corrected chi connectivity index (χ2v) is 6.76. The topological polar surface area (TPSA) is 56.8 Å². The van der Waals surface area contributed by atoms with Crippen molar-refractivity contribution in [2.45, 2.75) is 51.4 Å². The molecule has 4 atom stereocenters. The first kappa shape index (κ1) is 14.3. The number of ether oxygens (including phenoxy) is 3. The summed E-state index contributed by atoms with van der Waals surface area (Å²) in [5.41, 5.74) is 0.0331. The summed E-state index contributed by atoms with van der Waals surface area (Å²) in [6.07, 6.45) is 3.67. The zero-order valence-corrected chi connectivity index (χ0v) is 12.4. The first-order valence-electron chi connectivity index (χ1n) is 7.69. The zero-order chi connectivity index (χ0) is 14.2. The minimum atomic E-state index is -0.0218. The predicted octanol–water partition coefficient (Wildman–Crippen LogP) is 1.11. The molecule has 2 heterocycles. The molecule has 0 bridgehead atoms. The lowest BCUT2D eigenvalue weighted by atomic mass is 9.57. The summed E-state index contributed by atoms with van der Waals surface area (Å²) in [5.74, 6) is 0.457. The highest BCUT2D eigenvalue weighted by atomic mass is 16.5. The van der Waals surface area contributed by atoms with Crippen molar-refractivity contribution in [1.82, 2.24) is 5.32 Å². The molecule has 3 rings (SSSR count). The fourth-order valence-corrected chi connectivity index (χ4v) is 3.89. The van der Waals surface area contributed by atoms with Gasteiger partial charge in [-0.3, -0.25) is 4.79 Å². The van der Waals surface area contributed by atoms with Crippen LogP contribution in [-0.4, -0.2) is 50.6 Å². The largest absolute Gasteiger partial charge is 0.377 e. The molecule has 114 valence electrons. The number of carbonyl (C=O) groups is 1. The Morgan fingerprint density at radius 2 is 2.15 bits per heavy atom. The van der Waals surface area contributed by atoms with E-state index in [9.17, 15) is 4.79 Å². The number of nitrogens with one attached hydrogen (secondary N) is 1. The molecular weight excluding hydrogens is 258 g/mol. The molecule has 5 nitrogen and oxygen atoms in total. The fraction of sp³-hybridized carbons (Fsp3) is 0.933. The number of amides is 1. The van der Waals surface area contributed by atoms with Gasteiger partial charge >= 0.3 is 0 Å². The summed E-state index contributed by atoms with van der Waals surface area (Å²) in [6.45, 7) is 6.62. The van der Waals surface area contributed by atoms with Crippen molar-refractivity contribution >= 4 is 5.91 Å². The number of hydrogen-bond acceptors (Lipinski definition) is 4. The van der Waals surface area contributed by atoms with Crippen LogP contribution in [0.4, 0.5) is 0 Å². The Morgan fingerprint density at radius 1 is 1.30 bits per heavy atom. The van der Waals surface area contributed by atoms with Crippen molar-refractivity contribution in [2.75, 3.05) is 26.4 Å². The van der Waals surface area contributed by atoms with Crippen molar-refractivity contribution < 1.29 is 19.0 Å². The maximum atomic E-state index is 12.0. The Hall–Kier alpha value is -0.650. The Labute approximate surface area is 120 Å². The summed E-state index contributed by atoms with van der Waals surface area (Å²) >= 11 is 0. The minimum Gasteiger partial charge on any atom is -0.377 e. The fourth-order valence-electron chi connectivity index (χ4n) is 3.89. The van der Waals surface area contributed by atoms with Crippen LogP contribution in [0.5, 0.6) is 0 Å². The highest BCUT2D eigenvalue weighted by Gasteiger charge is 2.59. The summed E-state index contributed by atoms with van der Waals surface area (Å²) in [6, 6.07) is 0.217. The van der Waals surface area contributed by atoms with E-state index in [-0.39, 0.29) is 30.1 Å². The average molecular weight is 283 g/mol. The summed E-state index contributed by atoms with van der Waals surface area (Å²) in [5, 5.41) is 3.12. The average Bonchev–Trinajstić information content (AvgIpc) is 3.06. The van der Waals surface area contributed by atoms with E-state index in [1.165, 1.54) is 0 Å². The van der Waals surface area contributed by atoms with Crippen LogP contribution in [0.1, 0.15) is 33.1 Å². The highest BCUT2D eigenvalue weighted by Crippen LogP contribution is 2.52. The molecule has 1 N–H and O–H groups in total. The summed E-state index contributed by atoms with van der Waals surface area (Å²) in [7, 11) is 0. The van der Waals surface area contributed by atoms with Gasteiger partial charge in [0.25, 0.3) is 0 Å². The molecule has 1 aliphatic carbocycles. The van der Waals surface area contributed by atoms with Crippen LogP contribution in [0.3, 0.4) is 0 Å². The van der Waals surface area contributed by atoms with E-state index in [1.54, 1.807) is 0 Å². The molecule has 3 aliphatic rings. The van der Waals surface area contributed by atoms with Gasteiger partial charge in [-0.2, -0.15) is 0 Å². The molecular formula is C15H25NO4. The van der Waals surface area contributed by atoms with Gasteiger partial charge in [0.15, 0.2) is 0 Å². The first-order chi connectivity index (χ1) is 9.59. The second kappa shape index (κ2) is 5.62. The minimum absolute atomic E-state index is 0.0218. The van der Waals surface area contributed by atoms with Crippen LogP contribution < -0.4 is 5.32 Å². The van der Waals surface area contributed by atoms with E-state index in [4.69, 9.17) is 14.2 Å². The van der Waals surface area contributed by atoms with Gasteiger partial charge in [-0.25, -0.2) is 0 Å². The van der Waals surface area contributed by atoms with Gasteiger partial charge in [0.2, 0.25) is 5.91 Å². The molecule has 20 heavy (non-hydrogen) atoms. The second-order valence-electron chi connectivity index (χ2n) is 6.76. The lowest BCUT2D eigenvalue weighted by Gasteiger charge is -2.54. The van der Waals surface area contributed by atoms with E-state index >= 15 is 0 Å². The monoisotopic (exact) mass is 283 g/mol. The van der Waals surface area contributed by atoms with Gasteiger partial charge in [0, 0.05) is 30.6 Å². The van der Waals surface area contributed by atoms with Crippen LogP contribution in [0.15, 0.2) is 0 Å². The first-order valence-corrected chi connectivity index (χ1v) is 7.69. The number of carbonyl (C=O) groups excluding carboxylic acids is 1. The molecule has 0 aromatic carbocycles. The summed E-state index contributed by atoms with van der Waals surface area (Å²) < 4.78 is 16.7. The third-order valence-corrected chi connectivity index (χ3v) is 4.98. The van der Waals surface area contributed by atoms with Gasteiger partial charge in [-0.05, 0) is 19.3 Å². The predicted molar refractivity (Wildman–Crippen MR) is 73.4 cm³/mol. The molecule has 0 aromatic heterocycles. The van der Waals surface area contributed by atoms with Crippen molar-refractivity contribution in [3.8, 4) is 0 Å². The summed E-state index contributed by atoms with van der Waals surface area (Å²) in [4.78, 5) is 12.0. The molecule has 2 aliphatic heterocycles. The standard InChI is InChI=1S/C15H25NO4/c1-15(2)13(11-5-7-20-14(11)15)16-12(17)9-18-8-10-4-3-6-19-10/h10-11,13-14H,3-9H2,1-2H3,(H,16,17)/t10-,11+,13+,14-/m0/s1. The normalized spacial score (nSPS) is 38.3. The van der Waals surface area contributed by atoms with Gasteiger partial charge in [-0.15, -0.1) is 0 Å². The van der Waals surface area contributed by atoms with E-state index in [0.29, 0.717) is 18.6 Å². The van der Waals surface area contributed by atoms with Crippen molar-refractivity contribution in [1.29, 1.82) is 0 Å². The Bertz CT molecular complexity index is 365. The third kappa shape index (κ3) is 2.59. The van der Waals surface area contributed by atoms with Crippen molar-refractivity contribution in [3.63, 3.8) is 0 Å². The van der Waals surface area contributed by atoms with Crippen molar-refractivity contribution in [2.24, 2.45) is 11.3 Å². The third-order valence-electron chi connectivity index (χ3n) is 4.98. The number of rotatable bonds is 5. The lowest BCUT2D eigenvalue weighted by molar-refractivity contribution is -0.142. The SMILES string of the molecule is CC1(C)[C@H](NC(=O)COC[C@@H]2CCCO2)[C@H]2CCO[C@@H]21. The number of fused-ring (bicyclic) bond motifs is 1. The Balaban J connectivity index is 1.40. The molecule has 5 heteroatoms. The van der Waals surface area contributed by atoms with Crippen LogP contribution >= 0.6 is 0 Å². The van der Waals surface area contributed by atoms with E-state index in [1.807, 2.05) is 0 Å². The molecule has 0 spiro atoms. The lowest BCUT2D eigenvalue weighted by Crippen LogP contribution is -2.67. The molecule has 3 fully saturated rings. The highest BCUT2D eigenvalue weighted by molar-refractivity contribution is 5.77. The van der Waals surface area contributed by atoms with Crippen LogP contribution in [0.2, 0.25) is 0 Å². The number of hydrogen-bond donors (Lipinski definition) is 1. The van der Waals surface area contributed by atoms with E-state index < -0.39 is 0 Å². The smallest absolute Gasteiger partial charge is 0.246 e. The van der Waals surface area contributed by atoms with Gasteiger partial charge in [0.05, 0.1) is 18.8 Å². The van der Waals surface area contributed by atoms with Gasteiger partial charge in [-0.1, -0.05) is 13.8 Å². The molecule has 0 radical (unpaired) electrons. The van der Waals surface area contributed by atoms with E-state index in [0.717, 1.165) is 32.5 Å². The zero-order valence-electron chi connectivity index (χ0n) is 12.4. The van der Waals surface area contributed by atoms with Gasteiger partial charge in [0.1, 0.15) is 6.61 Å². The molecule has 1 amide bonds. The van der Waals surface area contributed by atoms with Crippen LogP contribution in [0, 0.1) is 11.3 Å². The van der Waals surface area contributed by atoms with Crippen LogP contribution in [0.25, 0.3) is 0 Å². The molecule has 2 saturated heterocycles. The maximum Gasteiger partial charge on any atom is 0.246 e. The Morgan fingerprint density at radius 3 is 2.90 bits per heavy atom. The van der Waals surface area contributed by atoms with Gasteiger partial charge < -0.3 is 19.5 Å².